The van der Waals surface area contributed by atoms with Gasteiger partial charge in [-0.05, 0) is 24.1 Å². The van der Waals surface area contributed by atoms with Crippen LogP contribution in [0.5, 0.6) is 0 Å². The number of methoxy groups -OCH3 is 1. The molecule has 0 aliphatic carbocycles. The molecule has 1 atom stereocenters. The molecule has 0 heterocycles. The van der Waals surface area contributed by atoms with Crippen molar-refractivity contribution in [2.75, 3.05) is 7.11 Å². The molecule has 0 aromatic heterocycles. The molecule has 0 amide bonds. The smallest absolute Gasteiger partial charge is 0.324 e. The van der Waals surface area contributed by atoms with Crippen LogP contribution in [0.3, 0.4) is 0 Å². The molecule has 6 heteroatoms. The fraction of sp³-hybridized carbons (Fsp3) is 0.188. The van der Waals surface area contributed by atoms with E-state index < -0.39 is 22.0 Å². The summed E-state index contributed by atoms with van der Waals surface area (Å²) in [5.41, 5.74) is 0.841. The van der Waals surface area contributed by atoms with Crippen LogP contribution in [-0.4, -0.2) is 27.5 Å². The van der Waals surface area contributed by atoms with Gasteiger partial charge in [-0.25, -0.2) is 8.42 Å². The van der Waals surface area contributed by atoms with Gasteiger partial charge < -0.3 is 4.74 Å². The van der Waals surface area contributed by atoms with Crippen molar-refractivity contribution in [3.05, 3.63) is 66.2 Å². The summed E-state index contributed by atoms with van der Waals surface area (Å²) in [5, 5.41) is 0. The van der Waals surface area contributed by atoms with Gasteiger partial charge in [-0.1, -0.05) is 48.5 Å². The molecule has 0 fully saturated rings. The first-order chi connectivity index (χ1) is 10.5. The van der Waals surface area contributed by atoms with E-state index in [0.29, 0.717) is 0 Å². The Morgan fingerprint density at radius 2 is 1.59 bits per heavy atom. The van der Waals surface area contributed by atoms with Gasteiger partial charge in [0.05, 0.1) is 12.0 Å². The minimum Gasteiger partial charge on any atom is -0.468 e. The molecule has 116 valence electrons. The van der Waals surface area contributed by atoms with Gasteiger partial charge in [0.15, 0.2) is 0 Å². The van der Waals surface area contributed by atoms with Gasteiger partial charge in [-0.2, -0.15) is 4.72 Å². The van der Waals surface area contributed by atoms with Gasteiger partial charge in [0, 0.05) is 0 Å². The van der Waals surface area contributed by atoms with Crippen LogP contribution >= 0.6 is 0 Å². The van der Waals surface area contributed by atoms with Crippen molar-refractivity contribution in [1.82, 2.24) is 4.72 Å². The third kappa shape index (κ3) is 4.16. The van der Waals surface area contributed by atoms with Gasteiger partial charge in [-0.15, -0.1) is 0 Å². The zero-order valence-corrected chi connectivity index (χ0v) is 12.9. The highest BCUT2D eigenvalue weighted by Crippen LogP contribution is 2.11. The summed E-state index contributed by atoms with van der Waals surface area (Å²) >= 11 is 0. The number of benzene rings is 2. The minimum absolute atomic E-state index is 0.108. The normalized spacial score (nSPS) is 12.6. The monoisotopic (exact) mass is 319 g/mol. The van der Waals surface area contributed by atoms with Crippen molar-refractivity contribution in [1.29, 1.82) is 0 Å². The summed E-state index contributed by atoms with van der Waals surface area (Å²) in [6.07, 6.45) is 0.222. The molecule has 2 aromatic carbocycles. The van der Waals surface area contributed by atoms with Gasteiger partial charge >= 0.3 is 5.97 Å². The van der Waals surface area contributed by atoms with E-state index in [4.69, 9.17) is 4.74 Å². The summed E-state index contributed by atoms with van der Waals surface area (Å²) < 4.78 is 31.8. The van der Waals surface area contributed by atoms with Gasteiger partial charge in [0.1, 0.15) is 6.04 Å². The van der Waals surface area contributed by atoms with Gasteiger partial charge in [-0.3, -0.25) is 4.79 Å². The lowest BCUT2D eigenvalue weighted by Gasteiger charge is -2.16. The maximum atomic E-state index is 12.3. The minimum atomic E-state index is -3.79. The second kappa shape index (κ2) is 7.20. The molecule has 1 N–H and O–H groups in total. The summed E-state index contributed by atoms with van der Waals surface area (Å²) in [4.78, 5) is 12.0. The van der Waals surface area contributed by atoms with E-state index in [1.54, 1.807) is 18.2 Å². The van der Waals surface area contributed by atoms with E-state index in [9.17, 15) is 13.2 Å². The lowest BCUT2D eigenvalue weighted by atomic mass is 10.1. The Hall–Kier alpha value is -2.18. The molecule has 22 heavy (non-hydrogen) atoms. The largest absolute Gasteiger partial charge is 0.468 e. The van der Waals surface area contributed by atoms with Crippen LogP contribution in [0.4, 0.5) is 0 Å². The molecular weight excluding hydrogens is 302 g/mol. The summed E-state index contributed by atoms with van der Waals surface area (Å²) in [5.74, 6) is -0.622. The Labute approximate surface area is 130 Å². The molecule has 0 aliphatic heterocycles. The molecule has 0 spiro atoms. The van der Waals surface area contributed by atoms with Crippen molar-refractivity contribution in [2.24, 2.45) is 0 Å². The predicted octanol–water partition coefficient (Wildman–Crippen LogP) is 1.75. The quantitative estimate of drug-likeness (QED) is 0.823. The fourth-order valence-electron chi connectivity index (χ4n) is 2.02. The van der Waals surface area contributed by atoms with E-state index in [-0.39, 0.29) is 11.3 Å². The number of esters is 1. The molecule has 0 radical (unpaired) electrons. The molecular formula is C16H17NO4S. The van der Waals surface area contributed by atoms with Crippen molar-refractivity contribution < 1.29 is 17.9 Å². The Morgan fingerprint density at radius 1 is 1.05 bits per heavy atom. The highest BCUT2D eigenvalue weighted by Gasteiger charge is 2.26. The topological polar surface area (TPSA) is 72.5 Å². The van der Waals surface area contributed by atoms with E-state index in [1.807, 2.05) is 30.3 Å². The fourth-order valence-corrected chi connectivity index (χ4v) is 3.23. The molecule has 0 saturated carbocycles. The molecule has 2 aromatic rings. The molecule has 5 nitrogen and oxygen atoms in total. The van der Waals surface area contributed by atoms with E-state index >= 15 is 0 Å². The average Bonchev–Trinajstić information content (AvgIpc) is 2.55. The maximum Gasteiger partial charge on any atom is 0.324 e. The Morgan fingerprint density at radius 3 is 2.14 bits per heavy atom. The third-order valence-corrected chi connectivity index (χ3v) is 4.61. The maximum absolute atomic E-state index is 12.3. The standard InChI is InChI=1S/C16H17NO4S/c1-21-16(18)15(12-13-8-4-2-5-9-13)17-22(19,20)14-10-6-3-7-11-14/h2-11,15,17H,12H2,1H3/t15-/m1/s1. The first kappa shape index (κ1) is 16.2. The zero-order chi connectivity index (χ0) is 16.0. The number of hydrogen-bond donors (Lipinski definition) is 1. The number of hydrogen-bond acceptors (Lipinski definition) is 4. The van der Waals surface area contributed by atoms with Gasteiger partial charge in [0.2, 0.25) is 10.0 Å². The van der Waals surface area contributed by atoms with Crippen molar-refractivity contribution in [2.45, 2.75) is 17.4 Å². The average molecular weight is 319 g/mol. The number of sulfonamides is 1. The number of rotatable bonds is 6. The third-order valence-electron chi connectivity index (χ3n) is 3.12. The molecule has 0 aliphatic rings. The Kier molecular flexibility index (Phi) is 5.30. The number of carbonyl (C=O) groups excluding carboxylic acids is 1. The van der Waals surface area contributed by atoms with Crippen molar-refractivity contribution in [3.8, 4) is 0 Å². The van der Waals surface area contributed by atoms with E-state index in [0.717, 1.165) is 5.56 Å². The summed E-state index contributed by atoms with van der Waals surface area (Å²) in [6, 6.07) is 16.1. The van der Waals surface area contributed by atoms with Crippen LogP contribution in [0.15, 0.2) is 65.6 Å². The highest BCUT2D eigenvalue weighted by molar-refractivity contribution is 7.89. The van der Waals surface area contributed by atoms with Crippen LogP contribution in [0.25, 0.3) is 0 Å². The van der Waals surface area contributed by atoms with Crippen molar-refractivity contribution >= 4 is 16.0 Å². The SMILES string of the molecule is COC(=O)[C@@H](Cc1ccccc1)NS(=O)(=O)c1ccccc1. The van der Waals surface area contributed by atoms with Gasteiger partial charge in [0.25, 0.3) is 0 Å². The second-order valence-corrected chi connectivity index (χ2v) is 6.41. The van der Waals surface area contributed by atoms with Crippen LogP contribution in [0, 0.1) is 0 Å². The second-order valence-electron chi connectivity index (χ2n) is 4.70. The van der Waals surface area contributed by atoms with E-state index in [1.165, 1.54) is 19.2 Å². The van der Waals surface area contributed by atoms with Crippen LogP contribution < -0.4 is 4.72 Å². The summed E-state index contributed by atoms with van der Waals surface area (Å²) in [7, 11) is -2.55. The highest BCUT2D eigenvalue weighted by atomic mass is 32.2. The zero-order valence-electron chi connectivity index (χ0n) is 12.1. The van der Waals surface area contributed by atoms with E-state index in [2.05, 4.69) is 4.72 Å². The Balaban J connectivity index is 2.22. The predicted molar refractivity (Wildman–Crippen MR) is 82.7 cm³/mol. The Bertz CT molecular complexity index is 714. The number of ether oxygens (including phenoxy) is 1. The van der Waals surface area contributed by atoms with Crippen LogP contribution in [-0.2, 0) is 26.0 Å². The molecule has 0 unspecified atom stereocenters. The molecule has 0 saturated heterocycles. The summed E-state index contributed by atoms with van der Waals surface area (Å²) in [6.45, 7) is 0. The lowest BCUT2D eigenvalue weighted by Crippen LogP contribution is -2.42. The van der Waals surface area contributed by atoms with Crippen LogP contribution in [0.1, 0.15) is 5.56 Å². The van der Waals surface area contributed by atoms with Crippen LogP contribution in [0.2, 0.25) is 0 Å². The first-order valence-electron chi connectivity index (χ1n) is 6.72. The lowest BCUT2D eigenvalue weighted by molar-refractivity contribution is -0.142. The number of carbonyl (C=O) groups is 1. The molecule has 2 rings (SSSR count). The number of nitrogens with one attached hydrogen (secondary N) is 1. The first-order valence-corrected chi connectivity index (χ1v) is 8.20. The molecule has 0 bridgehead atoms. The van der Waals surface area contributed by atoms with Crippen molar-refractivity contribution in [3.63, 3.8) is 0 Å².